The van der Waals surface area contributed by atoms with Gasteiger partial charge in [0.15, 0.2) is 5.88 Å². The molecule has 0 unspecified atom stereocenters. The molecule has 0 radical (unpaired) electrons. The molecule has 2 heterocycles. The number of para-hydroxylation sites is 2. The second-order valence-corrected chi connectivity index (χ2v) is 6.27. The summed E-state index contributed by atoms with van der Waals surface area (Å²) in [5.74, 6) is 0.0828. The van der Waals surface area contributed by atoms with E-state index in [1.807, 2.05) is 42.5 Å². The smallest absolute Gasteiger partial charge is 0.199 e. The quantitative estimate of drug-likeness (QED) is 0.490. The van der Waals surface area contributed by atoms with Crippen molar-refractivity contribution in [1.82, 2.24) is 4.98 Å². The number of oxime groups is 1. The number of aromatic amines is 1. The van der Waals surface area contributed by atoms with Crippen molar-refractivity contribution in [2.75, 3.05) is 7.11 Å². The maximum Gasteiger partial charge on any atom is 0.199 e. The minimum absolute atomic E-state index is 0.0828. The van der Waals surface area contributed by atoms with Crippen LogP contribution in [-0.2, 0) is 4.84 Å². The molecule has 5 nitrogen and oxygen atoms in total. The van der Waals surface area contributed by atoms with Gasteiger partial charge < -0.3 is 14.9 Å². The second-order valence-electron chi connectivity index (χ2n) is 5.11. The normalized spacial score (nSPS) is 15.0. The van der Waals surface area contributed by atoms with Crippen molar-refractivity contribution in [3.8, 4) is 5.88 Å². The average Bonchev–Trinajstić information content (AvgIpc) is 3.06. The van der Waals surface area contributed by atoms with E-state index < -0.39 is 0 Å². The number of nitrogens with one attached hydrogen (secondary N) is 1. The zero-order valence-corrected chi connectivity index (χ0v) is 14.3. The van der Waals surface area contributed by atoms with Crippen LogP contribution in [0.1, 0.15) is 11.1 Å². The number of aromatic nitrogens is 1. The van der Waals surface area contributed by atoms with Crippen molar-refractivity contribution in [3.63, 3.8) is 0 Å². The van der Waals surface area contributed by atoms with Gasteiger partial charge in [-0.15, -0.1) is 0 Å². The molecule has 0 spiro atoms. The Morgan fingerprint density at radius 2 is 2.00 bits per heavy atom. The maximum atomic E-state index is 10.4. The summed E-state index contributed by atoms with van der Waals surface area (Å²) >= 11 is 2.24. The molecule has 114 valence electrons. The van der Waals surface area contributed by atoms with Gasteiger partial charge in [0.25, 0.3) is 0 Å². The van der Waals surface area contributed by atoms with Crippen LogP contribution in [0.2, 0.25) is 0 Å². The first-order chi connectivity index (χ1) is 11.2. The van der Waals surface area contributed by atoms with Crippen LogP contribution in [0.3, 0.4) is 0 Å². The highest BCUT2D eigenvalue weighted by Crippen LogP contribution is 2.36. The highest BCUT2D eigenvalue weighted by atomic mass is 127. The molecule has 0 bridgehead atoms. The lowest BCUT2D eigenvalue weighted by molar-refractivity contribution is 0.214. The fourth-order valence-electron chi connectivity index (χ4n) is 2.84. The number of hydrogen-bond donors (Lipinski definition) is 2. The average molecular weight is 417 g/mol. The maximum absolute atomic E-state index is 10.4. The Hall–Kier alpha value is -2.35. The van der Waals surface area contributed by atoms with Gasteiger partial charge >= 0.3 is 0 Å². The largest absolute Gasteiger partial charge is 0.494 e. The Kier molecular flexibility index (Phi) is 3.33. The standard InChI is InChI=1S/C17H12IN3O2/c1-23-21-15-9-5-2-3-8-12(9)19-16(15)13-10-6-4-7-11(18)14(10)20-17(13)22/h2-8,20,22H,1H3/b21-15+. The molecule has 4 rings (SSSR count). The summed E-state index contributed by atoms with van der Waals surface area (Å²) in [5, 5.41) is 15.5. The number of hydrogen-bond acceptors (Lipinski definition) is 4. The molecular formula is C17H12IN3O2. The molecular weight excluding hydrogens is 405 g/mol. The molecule has 0 amide bonds. The predicted molar refractivity (Wildman–Crippen MR) is 98.9 cm³/mol. The van der Waals surface area contributed by atoms with Crippen LogP contribution in [0.25, 0.3) is 10.9 Å². The van der Waals surface area contributed by atoms with E-state index in [2.05, 4.69) is 37.7 Å². The van der Waals surface area contributed by atoms with Crippen molar-refractivity contribution >= 4 is 50.6 Å². The zero-order chi connectivity index (χ0) is 16.0. The molecule has 2 aromatic carbocycles. The summed E-state index contributed by atoms with van der Waals surface area (Å²) in [6.45, 7) is 0. The van der Waals surface area contributed by atoms with E-state index in [1.165, 1.54) is 7.11 Å². The summed E-state index contributed by atoms with van der Waals surface area (Å²) < 4.78 is 1.03. The minimum Gasteiger partial charge on any atom is -0.494 e. The molecule has 0 atom stereocenters. The van der Waals surface area contributed by atoms with Crippen LogP contribution in [0.4, 0.5) is 5.69 Å². The molecule has 6 heteroatoms. The van der Waals surface area contributed by atoms with Crippen molar-refractivity contribution in [3.05, 3.63) is 57.2 Å². The molecule has 1 aromatic heterocycles. The summed E-state index contributed by atoms with van der Waals surface area (Å²) in [6.07, 6.45) is 0. The van der Waals surface area contributed by atoms with E-state index in [9.17, 15) is 5.11 Å². The molecule has 3 aromatic rings. The second kappa shape index (κ2) is 5.38. The zero-order valence-electron chi connectivity index (χ0n) is 12.2. The third-order valence-corrected chi connectivity index (χ3v) is 4.70. The van der Waals surface area contributed by atoms with Gasteiger partial charge in [0.05, 0.1) is 16.8 Å². The first kappa shape index (κ1) is 14.3. The Balaban J connectivity index is 2.00. The van der Waals surface area contributed by atoms with Crippen LogP contribution in [0.15, 0.2) is 52.6 Å². The Labute approximate surface area is 145 Å². The van der Waals surface area contributed by atoms with E-state index in [-0.39, 0.29) is 5.88 Å². The minimum atomic E-state index is 0.0828. The molecule has 1 aliphatic rings. The van der Waals surface area contributed by atoms with Gasteiger partial charge in [0.2, 0.25) is 0 Å². The lowest BCUT2D eigenvalue weighted by Gasteiger charge is -2.03. The van der Waals surface area contributed by atoms with Crippen LogP contribution >= 0.6 is 22.6 Å². The van der Waals surface area contributed by atoms with E-state index in [0.29, 0.717) is 17.0 Å². The SMILES string of the molecule is CO/N=C1/C(c2c(O)[nH]c3c(I)cccc23)=Nc2ccccc21. The van der Waals surface area contributed by atoms with Crippen molar-refractivity contribution < 1.29 is 9.94 Å². The van der Waals surface area contributed by atoms with Crippen LogP contribution in [-0.4, -0.2) is 28.6 Å². The van der Waals surface area contributed by atoms with Gasteiger partial charge in [-0.2, -0.15) is 0 Å². The molecule has 0 fully saturated rings. The van der Waals surface area contributed by atoms with Gasteiger partial charge in [-0.25, -0.2) is 4.99 Å². The molecule has 23 heavy (non-hydrogen) atoms. The van der Waals surface area contributed by atoms with E-state index in [0.717, 1.165) is 25.7 Å². The number of halogens is 1. The fraction of sp³-hybridized carbons (Fsp3) is 0.0588. The lowest BCUT2D eigenvalue weighted by atomic mass is 10.0. The van der Waals surface area contributed by atoms with E-state index in [1.54, 1.807) is 0 Å². The van der Waals surface area contributed by atoms with Gasteiger partial charge in [0, 0.05) is 14.5 Å². The molecule has 0 saturated heterocycles. The Morgan fingerprint density at radius 3 is 2.83 bits per heavy atom. The number of nitrogens with zero attached hydrogens (tertiary/aromatic N) is 2. The third-order valence-electron chi connectivity index (χ3n) is 3.80. The Morgan fingerprint density at radius 1 is 1.17 bits per heavy atom. The summed E-state index contributed by atoms with van der Waals surface area (Å²) in [5.41, 5.74) is 4.47. The van der Waals surface area contributed by atoms with Crippen molar-refractivity contribution in [2.24, 2.45) is 10.1 Å². The highest BCUT2D eigenvalue weighted by Gasteiger charge is 2.29. The lowest BCUT2D eigenvalue weighted by Crippen LogP contribution is -2.13. The van der Waals surface area contributed by atoms with Crippen LogP contribution < -0.4 is 0 Å². The molecule has 0 aliphatic carbocycles. The fourth-order valence-corrected chi connectivity index (χ4v) is 3.47. The number of rotatable bonds is 2. The molecule has 2 N–H and O–H groups in total. The van der Waals surface area contributed by atoms with Gasteiger partial charge in [-0.05, 0) is 34.7 Å². The molecule has 1 aliphatic heterocycles. The Bertz CT molecular complexity index is 989. The predicted octanol–water partition coefficient (Wildman–Crippen LogP) is 3.96. The van der Waals surface area contributed by atoms with Crippen LogP contribution in [0, 0.1) is 3.57 Å². The van der Waals surface area contributed by atoms with Gasteiger partial charge in [0.1, 0.15) is 18.5 Å². The van der Waals surface area contributed by atoms with Crippen molar-refractivity contribution in [2.45, 2.75) is 0 Å². The van der Waals surface area contributed by atoms with Gasteiger partial charge in [-0.1, -0.05) is 35.5 Å². The highest BCUT2D eigenvalue weighted by molar-refractivity contribution is 14.1. The number of H-pyrrole nitrogens is 1. The number of fused-ring (bicyclic) bond motifs is 2. The van der Waals surface area contributed by atoms with Crippen LogP contribution in [0.5, 0.6) is 5.88 Å². The summed E-state index contributed by atoms with van der Waals surface area (Å²) in [7, 11) is 1.50. The first-order valence-corrected chi connectivity index (χ1v) is 8.07. The first-order valence-electron chi connectivity index (χ1n) is 7.00. The summed E-state index contributed by atoms with van der Waals surface area (Å²) in [6, 6.07) is 13.6. The monoisotopic (exact) mass is 417 g/mol. The number of aromatic hydroxyl groups is 1. The number of benzene rings is 2. The third kappa shape index (κ3) is 2.13. The topological polar surface area (TPSA) is 70.0 Å². The van der Waals surface area contributed by atoms with Crippen molar-refractivity contribution in [1.29, 1.82) is 0 Å². The number of aliphatic imine (C=N–C) groups is 1. The van der Waals surface area contributed by atoms with Gasteiger partial charge in [-0.3, -0.25) is 0 Å². The molecule has 0 saturated carbocycles. The summed E-state index contributed by atoms with van der Waals surface area (Å²) in [4.78, 5) is 12.7. The van der Waals surface area contributed by atoms with E-state index in [4.69, 9.17) is 4.84 Å². The van der Waals surface area contributed by atoms with E-state index >= 15 is 0 Å².